The lowest BCUT2D eigenvalue weighted by atomic mass is 10.0. The molecule has 0 saturated carbocycles. The van der Waals surface area contributed by atoms with E-state index in [1.165, 1.54) is 31.2 Å². The van der Waals surface area contributed by atoms with Crippen LogP contribution < -0.4 is 10.6 Å². The maximum atomic E-state index is 13.9. The van der Waals surface area contributed by atoms with Crippen LogP contribution in [0, 0.1) is 17.1 Å². The second-order valence-electron chi connectivity index (χ2n) is 6.46. The van der Waals surface area contributed by atoms with E-state index in [9.17, 15) is 23.9 Å². The van der Waals surface area contributed by atoms with Gasteiger partial charge in [0.25, 0.3) is 0 Å². The minimum absolute atomic E-state index is 0.0525. The van der Waals surface area contributed by atoms with Crippen LogP contribution in [0.1, 0.15) is 23.6 Å². The van der Waals surface area contributed by atoms with Crippen molar-refractivity contribution in [2.75, 3.05) is 0 Å². The number of hydrogen-bond acceptors (Lipinski definition) is 4. The van der Waals surface area contributed by atoms with Crippen LogP contribution in [0.15, 0.2) is 48.5 Å². The Balaban J connectivity index is 2.17. The highest BCUT2D eigenvalue weighted by Gasteiger charge is 2.27. The number of hydrogen-bond donors (Lipinski definition) is 3. The zero-order valence-electron chi connectivity index (χ0n) is 15.7. The Kier molecular flexibility index (Phi) is 7.43. The van der Waals surface area contributed by atoms with Gasteiger partial charge >= 0.3 is 5.97 Å². The van der Waals surface area contributed by atoms with Gasteiger partial charge in [0.2, 0.25) is 11.8 Å². The number of nitrogens with one attached hydrogen (secondary N) is 2. The van der Waals surface area contributed by atoms with Gasteiger partial charge in [-0.3, -0.25) is 9.59 Å². The minimum atomic E-state index is -1.28. The Hall–Kier alpha value is -3.73. The predicted molar refractivity (Wildman–Crippen MR) is 102 cm³/mol. The van der Waals surface area contributed by atoms with Gasteiger partial charge in [-0.25, -0.2) is 9.18 Å². The van der Waals surface area contributed by atoms with Crippen LogP contribution in [-0.4, -0.2) is 35.0 Å². The molecule has 29 heavy (non-hydrogen) atoms. The Bertz CT molecular complexity index is 955. The van der Waals surface area contributed by atoms with E-state index in [2.05, 4.69) is 10.6 Å². The van der Waals surface area contributed by atoms with Crippen molar-refractivity contribution in [3.8, 4) is 6.07 Å². The molecule has 2 rings (SSSR count). The summed E-state index contributed by atoms with van der Waals surface area (Å²) in [6.07, 6.45) is -0.183. The molecule has 0 aromatic heterocycles. The smallest absolute Gasteiger partial charge is 0.326 e. The van der Waals surface area contributed by atoms with Crippen molar-refractivity contribution < 1.29 is 23.9 Å². The number of carbonyl (C=O) groups excluding carboxylic acids is 2. The van der Waals surface area contributed by atoms with Gasteiger partial charge in [0, 0.05) is 19.8 Å². The number of aliphatic carboxylic acids is 1. The molecule has 2 amide bonds. The summed E-state index contributed by atoms with van der Waals surface area (Å²) in [7, 11) is 0. The van der Waals surface area contributed by atoms with Crippen molar-refractivity contribution in [2.24, 2.45) is 0 Å². The number of carboxylic acids is 1. The third kappa shape index (κ3) is 6.43. The Labute approximate surface area is 167 Å². The van der Waals surface area contributed by atoms with Gasteiger partial charge < -0.3 is 15.7 Å². The van der Waals surface area contributed by atoms with Crippen molar-refractivity contribution >= 4 is 17.8 Å². The molecule has 0 heterocycles. The summed E-state index contributed by atoms with van der Waals surface area (Å²) in [5, 5.41) is 23.3. The molecule has 3 N–H and O–H groups in total. The van der Waals surface area contributed by atoms with Crippen LogP contribution in [0.5, 0.6) is 0 Å². The third-order valence-corrected chi connectivity index (χ3v) is 4.19. The van der Waals surface area contributed by atoms with Gasteiger partial charge in [0.05, 0.1) is 11.6 Å². The van der Waals surface area contributed by atoms with Gasteiger partial charge in [-0.15, -0.1) is 0 Å². The lowest BCUT2D eigenvalue weighted by Crippen LogP contribution is -2.52. The van der Waals surface area contributed by atoms with Crippen LogP contribution in [0.4, 0.5) is 4.39 Å². The first-order valence-electron chi connectivity index (χ1n) is 8.83. The summed E-state index contributed by atoms with van der Waals surface area (Å²) in [4.78, 5) is 35.8. The molecule has 0 spiro atoms. The average molecular weight is 397 g/mol. The average Bonchev–Trinajstić information content (AvgIpc) is 2.68. The zero-order chi connectivity index (χ0) is 21.4. The highest BCUT2D eigenvalue weighted by molar-refractivity contribution is 5.90. The van der Waals surface area contributed by atoms with Gasteiger partial charge in [-0.05, 0) is 29.3 Å². The molecule has 2 atom stereocenters. The number of carbonyl (C=O) groups is 3. The number of halogens is 1. The van der Waals surface area contributed by atoms with E-state index >= 15 is 0 Å². The zero-order valence-corrected chi connectivity index (χ0v) is 15.7. The van der Waals surface area contributed by atoms with Crippen LogP contribution in [-0.2, 0) is 27.2 Å². The van der Waals surface area contributed by atoms with Crippen LogP contribution in [0.25, 0.3) is 0 Å². The van der Waals surface area contributed by atoms with E-state index < -0.39 is 35.7 Å². The number of amides is 2. The maximum absolute atomic E-state index is 13.9. The summed E-state index contributed by atoms with van der Waals surface area (Å²) in [5.74, 6) is -3.05. The molecule has 0 aliphatic rings. The largest absolute Gasteiger partial charge is 0.480 e. The van der Waals surface area contributed by atoms with E-state index in [-0.39, 0.29) is 18.4 Å². The molecule has 7 nitrogen and oxygen atoms in total. The van der Waals surface area contributed by atoms with Crippen LogP contribution in [0.3, 0.4) is 0 Å². The second kappa shape index (κ2) is 9.99. The highest BCUT2D eigenvalue weighted by Crippen LogP contribution is 2.11. The fraction of sp³-hybridized carbons (Fsp3) is 0.238. The number of nitrogens with zero attached hydrogens (tertiary/aromatic N) is 1. The molecule has 0 fully saturated rings. The monoisotopic (exact) mass is 397 g/mol. The second-order valence-corrected chi connectivity index (χ2v) is 6.46. The standard InChI is InChI=1S/C21H20FN3O4/c1-13(26)24-18(11-16-7-2-3-8-17(16)22)20(27)25-19(21(28)29)10-14-5-4-6-15(9-14)12-23/h2-9,18-19H,10-11H2,1H3,(H,24,26)(H,25,27)(H,28,29)/t18-,19+/m0/s1. The normalized spacial score (nSPS) is 12.3. The van der Waals surface area contributed by atoms with Crippen molar-refractivity contribution in [3.63, 3.8) is 0 Å². The Morgan fingerprint density at radius 2 is 1.79 bits per heavy atom. The molecule has 0 aliphatic heterocycles. The lowest BCUT2D eigenvalue weighted by Gasteiger charge is -2.21. The maximum Gasteiger partial charge on any atom is 0.326 e. The van der Waals surface area contributed by atoms with E-state index in [0.717, 1.165) is 0 Å². The number of nitriles is 1. The van der Waals surface area contributed by atoms with E-state index in [4.69, 9.17) is 5.26 Å². The van der Waals surface area contributed by atoms with E-state index in [1.807, 2.05) is 6.07 Å². The van der Waals surface area contributed by atoms with Crippen molar-refractivity contribution in [1.82, 2.24) is 10.6 Å². The molecule has 150 valence electrons. The molecular formula is C21H20FN3O4. The first-order chi connectivity index (χ1) is 13.8. The molecule has 2 aromatic rings. The van der Waals surface area contributed by atoms with Crippen LogP contribution in [0.2, 0.25) is 0 Å². The van der Waals surface area contributed by atoms with Gasteiger partial charge in [-0.2, -0.15) is 5.26 Å². The van der Waals surface area contributed by atoms with Gasteiger partial charge in [-0.1, -0.05) is 30.3 Å². The van der Waals surface area contributed by atoms with Gasteiger partial charge in [0.1, 0.15) is 17.9 Å². The fourth-order valence-electron chi connectivity index (χ4n) is 2.81. The quantitative estimate of drug-likeness (QED) is 0.624. The molecule has 0 unspecified atom stereocenters. The summed E-state index contributed by atoms with van der Waals surface area (Å²) < 4.78 is 13.9. The summed E-state index contributed by atoms with van der Waals surface area (Å²) in [6, 6.07) is 11.7. The summed E-state index contributed by atoms with van der Waals surface area (Å²) >= 11 is 0. The summed E-state index contributed by atoms with van der Waals surface area (Å²) in [5.41, 5.74) is 1.14. The Morgan fingerprint density at radius 1 is 1.07 bits per heavy atom. The number of benzene rings is 2. The Morgan fingerprint density at radius 3 is 2.41 bits per heavy atom. The predicted octanol–water partition coefficient (Wildman–Crippen LogP) is 1.56. The molecule has 0 saturated heterocycles. The first-order valence-corrected chi connectivity index (χ1v) is 8.83. The molecule has 2 aromatic carbocycles. The summed E-state index contributed by atoms with van der Waals surface area (Å²) in [6.45, 7) is 1.21. The highest BCUT2D eigenvalue weighted by atomic mass is 19.1. The molecule has 0 aliphatic carbocycles. The van der Waals surface area contributed by atoms with Crippen molar-refractivity contribution in [2.45, 2.75) is 31.8 Å². The van der Waals surface area contributed by atoms with Crippen molar-refractivity contribution in [1.29, 1.82) is 5.26 Å². The van der Waals surface area contributed by atoms with Gasteiger partial charge in [0.15, 0.2) is 0 Å². The minimum Gasteiger partial charge on any atom is -0.480 e. The van der Waals surface area contributed by atoms with E-state index in [1.54, 1.807) is 24.3 Å². The number of carboxylic acid groups (broad SMARTS) is 1. The molecule has 8 heteroatoms. The molecular weight excluding hydrogens is 377 g/mol. The SMILES string of the molecule is CC(=O)N[C@@H](Cc1ccccc1F)C(=O)N[C@H](Cc1cccc(C#N)c1)C(=O)O. The first kappa shape index (κ1) is 21.6. The van der Waals surface area contributed by atoms with Crippen molar-refractivity contribution in [3.05, 3.63) is 71.0 Å². The fourth-order valence-corrected chi connectivity index (χ4v) is 2.81. The topological polar surface area (TPSA) is 119 Å². The van der Waals surface area contributed by atoms with E-state index in [0.29, 0.717) is 11.1 Å². The molecule has 0 radical (unpaired) electrons. The van der Waals surface area contributed by atoms with Crippen LogP contribution >= 0.6 is 0 Å². The lowest BCUT2D eigenvalue weighted by molar-refractivity contribution is -0.142. The number of rotatable bonds is 8. The molecule has 0 bridgehead atoms. The third-order valence-electron chi connectivity index (χ3n) is 4.19.